The van der Waals surface area contributed by atoms with E-state index in [9.17, 15) is 9.18 Å². The standard InChI is InChI=1S/C18H22FN3O/c1-12-4-3-5-16(13(12)2)21-18(23)17-10-20-11-22(17)15-8-6-14(19)7-9-15/h6-13,16H,3-5H2,1-2H3,(H,21,23). The number of halogens is 1. The van der Waals surface area contributed by atoms with E-state index >= 15 is 0 Å². The molecule has 0 spiro atoms. The number of benzene rings is 1. The molecule has 0 radical (unpaired) electrons. The van der Waals surface area contributed by atoms with Gasteiger partial charge in [-0.25, -0.2) is 9.37 Å². The molecule has 3 rings (SSSR count). The van der Waals surface area contributed by atoms with Crippen LogP contribution >= 0.6 is 0 Å². The Bertz CT molecular complexity index is 680. The molecule has 1 aliphatic rings. The van der Waals surface area contributed by atoms with E-state index in [1.807, 2.05) is 0 Å². The second-order valence-corrected chi connectivity index (χ2v) is 6.47. The van der Waals surface area contributed by atoms with Crippen molar-refractivity contribution in [2.45, 2.75) is 39.2 Å². The predicted molar refractivity (Wildman–Crippen MR) is 87.0 cm³/mol. The van der Waals surface area contributed by atoms with Crippen molar-refractivity contribution in [1.29, 1.82) is 0 Å². The molecule has 1 amide bonds. The first-order valence-corrected chi connectivity index (χ1v) is 8.15. The Morgan fingerprint density at radius 1 is 1.26 bits per heavy atom. The Labute approximate surface area is 135 Å². The van der Waals surface area contributed by atoms with Crippen LogP contribution in [-0.2, 0) is 0 Å². The summed E-state index contributed by atoms with van der Waals surface area (Å²) in [6.45, 7) is 4.44. The molecule has 2 aromatic rings. The lowest BCUT2D eigenvalue weighted by Crippen LogP contribution is -2.44. The van der Waals surface area contributed by atoms with Gasteiger partial charge in [0.15, 0.2) is 0 Å². The fourth-order valence-corrected chi connectivity index (χ4v) is 3.30. The van der Waals surface area contributed by atoms with E-state index in [1.165, 1.54) is 18.6 Å². The average Bonchev–Trinajstić information content (AvgIpc) is 3.02. The summed E-state index contributed by atoms with van der Waals surface area (Å²) in [6.07, 6.45) is 6.52. The normalized spacial score (nSPS) is 24.4. The van der Waals surface area contributed by atoms with Gasteiger partial charge in [-0.3, -0.25) is 9.36 Å². The molecule has 4 nitrogen and oxygen atoms in total. The maximum Gasteiger partial charge on any atom is 0.270 e. The highest BCUT2D eigenvalue weighted by molar-refractivity contribution is 5.93. The molecule has 0 bridgehead atoms. The lowest BCUT2D eigenvalue weighted by atomic mass is 9.78. The first kappa shape index (κ1) is 15.7. The molecule has 3 atom stereocenters. The third kappa shape index (κ3) is 3.28. The summed E-state index contributed by atoms with van der Waals surface area (Å²) in [5.74, 6) is 0.661. The first-order valence-electron chi connectivity index (χ1n) is 8.15. The van der Waals surface area contributed by atoms with E-state index in [0.29, 0.717) is 17.5 Å². The Morgan fingerprint density at radius 2 is 2.00 bits per heavy atom. The lowest BCUT2D eigenvalue weighted by Gasteiger charge is -2.34. The Kier molecular flexibility index (Phi) is 4.46. The van der Waals surface area contributed by atoms with Gasteiger partial charge in [0.1, 0.15) is 11.5 Å². The highest BCUT2D eigenvalue weighted by atomic mass is 19.1. The number of carbonyl (C=O) groups is 1. The maximum absolute atomic E-state index is 13.1. The van der Waals surface area contributed by atoms with Gasteiger partial charge >= 0.3 is 0 Å². The van der Waals surface area contributed by atoms with E-state index < -0.39 is 0 Å². The highest BCUT2D eigenvalue weighted by Gasteiger charge is 2.29. The van der Waals surface area contributed by atoms with Gasteiger partial charge in [0.25, 0.3) is 5.91 Å². The highest BCUT2D eigenvalue weighted by Crippen LogP contribution is 2.29. The number of rotatable bonds is 3. The van der Waals surface area contributed by atoms with Gasteiger partial charge in [0.05, 0.1) is 12.5 Å². The molecule has 5 heteroatoms. The van der Waals surface area contributed by atoms with Gasteiger partial charge < -0.3 is 5.32 Å². The summed E-state index contributed by atoms with van der Waals surface area (Å²) in [7, 11) is 0. The van der Waals surface area contributed by atoms with Gasteiger partial charge in [-0.1, -0.05) is 26.7 Å². The summed E-state index contributed by atoms with van der Waals surface area (Å²) in [4.78, 5) is 16.7. The largest absolute Gasteiger partial charge is 0.348 e. The molecular weight excluding hydrogens is 293 g/mol. The van der Waals surface area contributed by atoms with E-state index in [2.05, 4.69) is 24.1 Å². The maximum atomic E-state index is 13.1. The van der Waals surface area contributed by atoms with Crippen LogP contribution in [0.5, 0.6) is 0 Å². The molecule has 1 aliphatic carbocycles. The third-order valence-electron chi connectivity index (χ3n) is 5.00. The quantitative estimate of drug-likeness (QED) is 0.941. The summed E-state index contributed by atoms with van der Waals surface area (Å²) in [5.41, 5.74) is 1.20. The van der Waals surface area contributed by atoms with Crippen LogP contribution in [0.3, 0.4) is 0 Å². The SMILES string of the molecule is CC1CCCC(NC(=O)c2cncn2-c2ccc(F)cc2)C1C. The van der Waals surface area contributed by atoms with Crippen molar-refractivity contribution in [2.75, 3.05) is 0 Å². The van der Waals surface area contributed by atoms with Crippen molar-refractivity contribution in [1.82, 2.24) is 14.9 Å². The molecule has 1 aromatic carbocycles. The molecule has 1 saturated carbocycles. The number of hydrogen-bond acceptors (Lipinski definition) is 2. The van der Waals surface area contributed by atoms with Crippen LogP contribution in [0.4, 0.5) is 4.39 Å². The van der Waals surface area contributed by atoms with Crippen molar-refractivity contribution >= 4 is 5.91 Å². The van der Waals surface area contributed by atoms with Gasteiger partial charge in [-0.15, -0.1) is 0 Å². The number of amides is 1. The van der Waals surface area contributed by atoms with Crippen molar-refractivity contribution in [3.63, 3.8) is 0 Å². The van der Waals surface area contributed by atoms with Crippen molar-refractivity contribution in [2.24, 2.45) is 11.8 Å². The minimum atomic E-state index is -0.301. The molecule has 1 N–H and O–H groups in total. The second-order valence-electron chi connectivity index (χ2n) is 6.47. The predicted octanol–water partition coefficient (Wildman–Crippen LogP) is 3.57. The number of carbonyl (C=O) groups excluding carboxylic acids is 1. The summed E-state index contributed by atoms with van der Waals surface area (Å²) < 4.78 is 14.8. The number of nitrogens with zero attached hydrogens (tertiary/aromatic N) is 2. The van der Waals surface area contributed by atoms with Crippen LogP contribution in [0, 0.1) is 17.7 Å². The summed E-state index contributed by atoms with van der Waals surface area (Å²) >= 11 is 0. The fraction of sp³-hybridized carbons (Fsp3) is 0.444. The average molecular weight is 315 g/mol. The first-order chi connectivity index (χ1) is 11.1. The monoisotopic (exact) mass is 315 g/mol. The molecule has 1 aromatic heterocycles. The van der Waals surface area contributed by atoms with Crippen LogP contribution in [-0.4, -0.2) is 21.5 Å². The van der Waals surface area contributed by atoms with E-state index in [4.69, 9.17) is 0 Å². The van der Waals surface area contributed by atoms with Gasteiger partial charge in [-0.2, -0.15) is 0 Å². The van der Waals surface area contributed by atoms with Crippen molar-refractivity contribution < 1.29 is 9.18 Å². The Balaban J connectivity index is 1.78. The van der Waals surface area contributed by atoms with Crippen molar-refractivity contribution in [3.8, 4) is 5.69 Å². The molecule has 0 saturated heterocycles. The smallest absolute Gasteiger partial charge is 0.270 e. The zero-order valence-corrected chi connectivity index (χ0v) is 13.5. The van der Waals surface area contributed by atoms with E-state index in [1.54, 1.807) is 29.2 Å². The number of imidazole rings is 1. The number of aromatic nitrogens is 2. The van der Waals surface area contributed by atoms with Gasteiger partial charge in [0.2, 0.25) is 0 Å². The number of nitrogens with one attached hydrogen (secondary N) is 1. The Morgan fingerprint density at radius 3 is 2.74 bits per heavy atom. The summed E-state index contributed by atoms with van der Waals surface area (Å²) in [5, 5.41) is 3.15. The minimum Gasteiger partial charge on any atom is -0.348 e. The molecule has 0 aliphatic heterocycles. The van der Waals surface area contributed by atoms with Gasteiger partial charge in [-0.05, 0) is 42.5 Å². The zero-order valence-electron chi connectivity index (χ0n) is 13.5. The molecule has 122 valence electrons. The number of hydrogen-bond donors (Lipinski definition) is 1. The van der Waals surface area contributed by atoms with Crippen LogP contribution in [0.25, 0.3) is 5.69 Å². The molecule has 3 unspecified atom stereocenters. The van der Waals surface area contributed by atoms with Crippen LogP contribution in [0.1, 0.15) is 43.6 Å². The van der Waals surface area contributed by atoms with E-state index in [0.717, 1.165) is 18.5 Å². The van der Waals surface area contributed by atoms with Gasteiger partial charge in [0, 0.05) is 11.7 Å². The van der Waals surface area contributed by atoms with E-state index in [-0.39, 0.29) is 17.8 Å². The fourth-order valence-electron chi connectivity index (χ4n) is 3.30. The Hall–Kier alpha value is -2.17. The van der Waals surface area contributed by atoms with Crippen LogP contribution < -0.4 is 5.32 Å². The molecule has 1 fully saturated rings. The van der Waals surface area contributed by atoms with Crippen LogP contribution in [0.15, 0.2) is 36.8 Å². The lowest BCUT2D eigenvalue weighted by molar-refractivity contribution is 0.0884. The molecule has 23 heavy (non-hydrogen) atoms. The summed E-state index contributed by atoms with van der Waals surface area (Å²) in [6, 6.07) is 6.23. The molecular formula is C18H22FN3O. The van der Waals surface area contributed by atoms with Crippen LogP contribution in [0.2, 0.25) is 0 Å². The molecule has 1 heterocycles. The third-order valence-corrected chi connectivity index (χ3v) is 5.00. The topological polar surface area (TPSA) is 46.9 Å². The second kappa shape index (κ2) is 6.52. The van der Waals surface area contributed by atoms with Crippen molar-refractivity contribution in [3.05, 3.63) is 48.3 Å². The minimum absolute atomic E-state index is 0.127. The zero-order chi connectivity index (χ0) is 16.4.